The Kier molecular flexibility index (Phi) is 276. The quantitative estimate of drug-likeness (QED) is 0.499. The van der Waals surface area contributed by atoms with Crippen LogP contribution in [0.2, 0.25) is 0 Å². The molecule has 0 spiro atoms. The Morgan fingerprint density at radius 1 is 1.00 bits per heavy atom. The van der Waals surface area contributed by atoms with Crippen LogP contribution in [0.1, 0.15) is 0 Å². The van der Waals surface area contributed by atoms with Gasteiger partial charge in [-0.25, -0.2) is 0 Å². The summed E-state index contributed by atoms with van der Waals surface area (Å²) in [7, 11) is 0. The van der Waals surface area contributed by atoms with E-state index in [2.05, 4.69) is 0 Å². The molecule has 4 heteroatoms. The van der Waals surface area contributed by atoms with Crippen LogP contribution in [0.5, 0.6) is 0 Å². The van der Waals surface area contributed by atoms with Crippen LogP contribution in [0.3, 0.4) is 0 Å². The molecule has 0 N–H and O–H groups in total. The van der Waals surface area contributed by atoms with Crippen molar-refractivity contribution in [1.29, 1.82) is 0 Å². The molecule has 0 aliphatic rings. The molecular weight excluding hydrogens is 250 g/mol. The molecule has 0 amide bonds. The Hall–Kier alpha value is 1.58. The van der Waals surface area contributed by atoms with Gasteiger partial charge in [-0.3, -0.25) is 0 Å². The minimum absolute atomic E-state index is 0. The van der Waals surface area contributed by atoms with Gasteiger partial charge in [0.05, 0.1) is 0 Å². The van der Waals surface area contributed by atoms with Gasteiger partial charge >= 0.3 is 54.2 Å². The van der Waals surface area contributed by atoms with Gasteiger partial charge in [0, 0.05) is 0 Å². The molecule has 0 atom stereocenters. The van der Waals surface area contributed by atoms with Gasteiger partial charge in [0.1, 0.15) is 0 Å². The van der Waals surface area contributed by atoms with Gasteiger partial charge in [0.15, 0.2) is 0 Å². The summed E-state index contributed by atoms with van der Waals surface area (Å²) in [5.74, 6) is 0. The van der Waals surface area contributed by atoms with E-state index < -0.39 is 0 Å². The zero-order chi connectivity index (χ0) is 0. The van der Waals surface area contributed by atoms with Gasteiger partial charge in [-0.15, -0.1) is 0 Å². The van der Waals surface area contributed by atoms with E-state index in [4.69, 9.17) is 0 Å². The number of hydrogen-bond donors (Lipinski definition) is 0. The minimum Gasteiger partial charge on any atom is -2.00 e. The molecule has 0 saturated carbocycles. The van der Waals surface area contributed by atoms with Gasteiger partial charge in [0.2, 0.25) is 0 Å². The Morgan fingerprint density at radius 2 is 1.00 bits per heavy atom. The topological polar surface area (TPSA) is 28.5 Å². The van der Waals surface area contributed by atoms with Crippen LogP contribution in [0.25, 0.3) is 0 Å². The maximum atomic E-state index is 0. The van der Waals surface area contributed by atoms with Crippen LogP contribution < -0.4 is 0 Å². The second kappa shape index (κ2) is 23.5. The second-order valence-electron chi connectivity index (χ2n) is 0. The monoisotopic (exact) mass is 251 g/mol. The van der Waals surface area contributed by atoms with Gasteiger partial charge in [0.25, 0.3) is 0 Å². The fourth-order valence-electron chi connectivity index (χ4n) is 0. The smallest absolute Gasteiger partial charge is 2.00 e. The fraction of sp³-hybridized carbons (Fsp3) is 0. The average molecular weight is 250 g/mol. The molecule has 0 aromatic rings. The molecule has 0 aliphatic heterocycles. The van der Waals surface area contributed by atoms with E-state index in [1.54, 1.807) is 0 Å². The van der Waals surface area contributed by atoms with Crippen molar-refractivity contribution in [3.8, 4) is 0 Å². The third-order valence-electron chi connectivity index (χ3n) is 0. The SMILES string of the molecule is [Al+3].[Hf+4].[O-2].[Si+4]. The first-order chi connectivity index (χ1) is 0. The summed E-state index contributed by atoms with van der Waals surface area (Å²) in [5, 5.41) is 0. The summed E-state index contributed by atoms with van der Waals surface area (Å²) in [6.45, 7) is 0. The van der Waals surface area contributed by atoms with Crippen molar-refractivity contribution in [3.05, 3.63) is 0 Å². The molecule has 4 heavy (non-hydrogen) atoms. The largest absolute Gasteiger partial charge is 4.00 e. The molecule has 0 unspecified atom stereocenters. The van der Waals surface area contributed by atoms with E-state index in [1.807, 2.05) is 0 Å². The van der Waals surface area contributed by atoms with Gasteiger partial charge < -0.3 is 5.48 Å². The standard InChI is InChI=1S/Al.Hf.O.Si/q+3;+4;-2;+4. The summed E-state index contributed by atoms with van der Waals surface area (Å²) in [6, 6.07) is 0. The molecule has 8 valence electrons. The van der Waals surface area contributed by atoms with Crippen molar-refractivity contribution in [3.63, 3.8) is 0 Å². The van der Waals surface area contributed by atoms with Gasteiger partial charge in [-0.05, 0) is 0 Å². The predicted octanol–water partition coefficient (Wildman–Crippen LogP) is -0.883. The molecular formula is AlHfOSi+9. The van der Waals surface area contributed by atoms with E-state index in [0.29, 0.717) is 0 Å². The molecule has 0 aromatic carbocycles. The maximum Gasteiger partial charge on any atom is 4.00 e. The molecule has 0 heterocycles. The van der Waals surface area contributed by atoms with Crippen LogP contribution in [-0.4, -0.2) is 28.3 Å². The van der Waals surface area contributed by atoms with Crippen molar-refractivity contribution in [2.24, 2.45) is 0 Å². The van der Waals surface area contributed by atoms with E-state index in [9.17, 15) is 0 Å². The summed E-state index contributed by atoms with van der Waals surface area (Å²) >= 11 is 0. The summed E-state index contributed by atoms with van der Waals surface area (Å²) in [5.41, 5.74) is 0. The van der Waals surface area contributed by atoms with Crippen molar-refractivity contribution < 1.29 is 31.3 Å². The van der Waals surface area contributed by atoms with Gasteiger partial charge in [-0.1, -0.05) is 0 Å². The zero-order valence-electron chi connectivity index (χ0n) is 1.99. The molecule has 0 saturated heterocycles. The maximum absolute atomic E-state index is 0. The summed E-state index contributed by atoms with van der Waals surface area (Å²) < 4.78 is 0. The fourth-order valence-corrected chi connectivity index (χ4v) is 0. The molecule has 0 radical (unpaired) electrons. The normalized spacial score (nSPS) is 0. The molecule has 0 fully saturated rings. The first-order valence-electron chi connectivity index (χ1n) is 0. The van der Waals surface area contributed by atoms with E-state index in [-0.39, 0.29) is 59.6 Å². The van der Waals surface area contributed by atoms with Crippen LogP contribution >= 0.6 is 0 Å². The van der Waals surface area contributed by atoms with E-state index in [1.165, 1.54) is 0 Å². The van der Waals surface area contributed by atoms with Crippen LogP contribution in [-0.2, 0) is 31.3 Å². The molecule has 1 nitrogen and oxygen atoms in total. The Labute approximate surface area is 59.4 Å². The molecule has 0 rings (SSSR count). The molecule has 0 aromatic heterocycles. The van der Waals surface area contributed by atoms with E-state index in [0.717, 1.165) is 0 Å². The first-order valence-corrected chi connectivity index (χ1v) is 0. The number of rotatable bonds is 0. The first kappa shape index (κ1) is 46.9. The van der Waals surface area contributed by atoms with Crippen molar-refractivity contribution in [1.82, 2.24) is 0 Å². The minimum atomic E-state index is 0. The summed E-state index contributed by atoms with van der Waals surface area (Å²) in [4.78, 5) is 0. The Morgan fingerprint density at radius 3 is 1.00 bits per heavy atom. The summed E-state index contributed by atoms with van der Waals surface area (Å²) in [6.07, 6.45) is 0. The van der Waals surface area contributed by atoms with Gasteiger partial charge in [-0.2, -0.15) is 0 Å². The Balaban J connectivity index is 0. The third-order valence-corrected chi connectivity index (χ3v) is 0. The van der Waals surface area contributed by atoms with Crippen LogP contribution in [0.15, 0.2) is 0 Å². The van der Waals surface area contributed by atoms with Crippen molar-refractivity contribution >= 4 is 28.3 Å². The zero-order valence-corrected chi connectivity index (χ0v) is 7.73. The Bertz CT molecular complexity index is 8.00. The molecule has 0 aliphatic carbocycles. The number of hydrogen-bond acceptors (Lipinski definition) is 0. The van der Waals surface area contributed by atoms with E-state index >= 15 is 0 Å². The van der Waals surface area contributed by atoms with Crippen molar-refractivity contribution in [2.75, 3.05) is 0 Å². The van der Waals surface area contributed by atoms with Crippen LogP contribution in [0.4, 0.5) is 0 Å². The predicted molar refractivity (Wildman–Crippen MR) is 12.2 cm³/mol. The van der Waals surface area contributed by atoms with Crippen LogP contribution in [0, 0.1) is 0 Å². The average Bonchev–Trinajstić information content (AvgIpc) is 0. The molecule has 0 bridgehead atoms. The third kappa shape index (κ3) is 9.55. The second-order valence-corrected chi connectivity index (χ2v) is 0. The van der Waals surface area contributed by atoms with Crippen molar-refractivity contribution in [2.45, 2.75) is 0 Å².